The molecule has 1 N–H and O–H groups in total. The van der Waals surface area contributed by atoms with E-state index in [1.165, 1.54) is 24.3 Å². The van der Waals surface area contributed by atoms with Crippen LogP contribution in [0.25, 0.3) is 0 Å². The third-order valence-corrected chi connectivity index (χ3v) is 5.01. The molecular formula is C12H19BrN2OS. The molecule has 1 atom stereocenters. The van der Waals surface area contributed by atoms with E-state index in [4.69, 9.17) is 0 Å². The van der Waals surface area contributed by atoms with Crippen LogP contribution in [0.15, 0.2) is 10.7 Å². The second-order valence-corrected chi connectivity index (χ2v) is 6.58. The van der Waals surface area contributed by atoms with Crippen molar-refractivity contribution in [2.24, 2.45) is 5.92 Å². The zero-order valence-electron chi connectivity index (χ0n) is 10.1. The summed E-state index contributed by atoms with van der Waals surface area (Å²) in [6.45, 7) is 2.85. The molecule has 2 rings (SSSR count). The Hall–Kier alpha value is -0.0000000000000000555. The number of aliphatic hydroxyl groups is 1. The van der Waals surface area contributed by atoms with Crippen molar-refractivity contribution in [2.45, 2.75) is 38.8 Å². The standard InChI is InChI=1S/C12H19BrN2OS/c1-2-15-12(10(13)8-14-15)11(16)7-9-3-5-17-6-4-9/h8-9,11,16H,2-7H2,1H3. The van der Waals surface area contributed by atoms with Crippen LogP contribution in [0.1, 0.15) is 38.0 Å². The molecule has 17 heavy (non-hydrogen) atoms. The Balaban J connectivity index is 2.02. The molecule has 0 bridgehead atoms. The molecule has 2 heterocycles. The van der Waals surface area contributed by atoms with Crippen molar-refractivity contribution in [3.8, 4) is 0 Å². The summed E-state index contributed by atoms with van der Waals surface area (Å²) in [6, 6.07) is 0. The predicted molar refractivity (Wildman–Crippen MR) is 75.2 cm³/mol. The smallest absolute Gasteiger partial charge is 0.0970 e. The Labute approximate surface area is 115 Å². The van der Waals surface area contributed by atoms with Gasteiger partial charge >= 0.3 is 0 Å². The van der Waals surface area contributed by atoms with E-state index < -0.39 is 0 Å². The Bertz CT molecular complexity index is 363. The van der Waals surface area contributed by atoms with Gasteiger partial charge in [0.2, 0.25) is 0 Å². The van der Waals surface area contributed by atoms with Gasteiger partial charge in [0.05, 0.1) is 22.5 Å². The molecule has 1 unspecified atom stereocenters. The third-order valence-electron chi connectivity index (χ3n) is 3.35. The lowest BCUT2D eigenvalue weighted by Crippen LogP contribution is -2.16. The Morgan fingerprint density at radius 3 is 2.94 bits per heavy atom. The topological polar surface area (TPSA) is 38.0 Å². The fourth-order valence-electron chi connectivity index (χ4n) is 2.36. The van der Waals surface area contributed by atoms with Gasteiger partial charge in [-0.05, 0) is 59.5 Å². The second kappa shape index (κ2) is 6.25. The van der Waals surface area contributed by atoms with E-state index in [9.17, 15) is 5.11 Å². The normalized spacial score (nSPS) is 19.5. The fourth-order valence-corrected chi connectivity index (χ4v) is 4.13. The monoisotopic (exact) mass is 318 g/mol. The average Bonchev–Trinajstić information content (AvgIpc) is 2.71. The average molecular weight is 319 g/mol. The number of thioether (sulfide) groups is 1. The number of aromatic nitrogens is 2. The lowest BCUT2D eigenvalue weighted by molar-refractivity contribution is 0.131. The maximum atomic E-state index is 10.4. The summed E-state index contributed by atoms with van der Waals surface area (Å²) in [6.07, 6.45) is 4.72. The Morgan fingerprint density at radius 2 is 2.29 bits per heavy atom. The van der Waals surface area contributed by atoms with Crippen LogP contribution in [0.2, 0.25) is 0 Å². The van der Waals surface area contributed by atoms with Crippen molar-refractivity contribution in [2.75, 3.05) is 11.5 Å². The highest BCUT2D eigenvalue weighted by Crippen LogP contribution is 2.33. The van der Waals surface area contributed by atoms with Crippen LogP contribution in [0.4, 0.5) is 0 Å². The van der Waals surface area contributed by atoms with E-state index >= 15 is 0 Å². The number of nitrogens with zero attached hydrogens (tertiary/aromatic N) is 2. The maximum absolute atomic E-state index is 10.4. The molecule has 1 aromatic rings. The second-order valence-electron chi connectivity index (χ2n) is 4.50. The molecule has 1 saturated heterocycles. The summed E-state index contributed by atoms with van der Waals surface area (Å²) in [5, 5.41) is 14.6. The molecule has 5 heteroatoms. The highest BCUT2D eigenvalue weighted by Gasteiger charge is 2.22. The minimum Gasteiger partial charge on any atom is -0.387 e. The fraction of sp³-hybridized carbons (Fsp3) is 0.750. The minimum atomic E-state index is -0.389. The quantitative estimate of drug-likeness (QED) is 0.926. The molecule has 0 saturated carbocycles. The summed E-state index contributed by atoms with van der Waals surface area (Å²) in [5.41, 5.74) is 0.936. The first-order valence-corrected chi connectivity index (χ1v) is 8.14. The van der Waals surface area contributed by atoms with Crippen molar-refractivity contribution >= 4 is 27.7 Å². The minimum absolute atomic E-state index is 0.389. The van der Waals surface area contributed by atoms with Crippen LogP contribution in [0.5, 0.6) is 0 Å². The summed E-state index contributed by atoms with van der Waals surface area (Å²) >= 11 is 5.50. The number of hydrogen-bond acceptors (Lipinski definition) is 3. The van der Waals surface area contributed by atoms with Gasteiger partial charge in [0.25, 0.3) is 0 Å². The SMILES string of the molecule is CCn1ncc(Br)c1C(O)CC1CCSCC1. The van der Waals surface area contributed by atoms with Gasteiger partial charge in [0, 0.05) is 6.54 Å². The van der Waals surface area contributed by atoms with Gasteiger partial charge in [-0.3, -0.25) is 4.68 Å². The molecule has 1 aliphatic rings. The van der Waals surface area contributed by atoms with Crippen LogP contribution in [-0.2, 0) is 6.54 Å². The molecule has 96 valence electrons. The number of aliphatic hydroxyl groups excluding tert-OH is 1. The van der Waals surface area contributed by atoms with Crippen molar-refractivity contribution in [3.05, 3.63) is 16.4 Å². The first-order valence-electron chi connectivity index (χ1n) is 6.19. The third kappa shape index (κ3) is 3.26. The molecule has 1 fully saturated rings. The summed E-state index contributed by atoms with van der Waals surface area (Å²) < 4.78 is 2.81. The van der Waals surface area contributed by atoms with Crippen molar-refractivity contribution in [1.82, 2.24) is 9.78 Å². The summed E-state index contributed by atoms with van der Waals surface area (Å²) in [4.78, 5) is 0. The Morgan fingerprint density at radius 1 is 1.59 bits per heavy atom. The maximum Gasteiger partial charge on any atom is 0.0970 e. The Kier molecular flexibility index (Phi) is 4.94. The van der Waals surface area contributed by atoms with E-state index in [-0.39, 0.29) is 6.10 Å². The highest BCUT2D eigenvalue weighted by atomic mass is 79.9. The van der Waals surface area contributed by atoms with Crippen LogP contribution in [0, 0.1) is 5.92 Å². The van der Waals surface area contributed by atoms with Crippen LogP contribution >= 0.6 is 27.7 Å². The van der Waals surface area contributed by atoms with E-state index in [0.29, 0.717) is 5.92 Å². The van der Waals surface area contributed by atoms with E-state index in [0.717, 1.165) is 23.1 Å². The molecule has 0 amide bonds. The lowest BCUT2D eigenvalue weighted by atomic mass is 9.94. The summed E-state index contributed by atoms with van der Waals surface area (Å²) in [5.74, 6) is 3.15. The molecule has 3 nitrogen and oxygen atoms in total. The van der Waals surface area contributed by atoms with Gasteiger partial charge in [-0.25, -0.2) is 0 Å². The van der Waals surface area contributed by atoms with Crippen LogP contribution in [-0.4, -0.2) is 26.4 Å². The number of hydrogen-bond donors (Lipinski definition) is 1. The van der Waals surface area contributed by atoms with Crippen molar-refractivity contribution in [1.29, 1.82) is 0 Å². The zero-order valence-corrected chi connectivity index (χ0v) is 12.5. The van der Waals surface area contributed by atoms with Gasteiger partial charge in [-0.15, -0.1) is 0 Å². The predicted octanol–water partition coefficient (Wildman–Crippen LogP) is 3.23. The van der Waals surface area contributed by atoms with E-state index in [2.05, 4.69) is 21.0 Å². The number of rotatable bonds is 4. The largest absolute Gasteiger partial charge is 0.387 e. The molecule has 1 aromatic heterocycles. The molecule has 0 aromatic carbocycles. The van der Waals surface area contributed by atoms with Crippen LogP contribution < -0.4 is 0 Å². The van der Waals surface area contributed by atoms with E-state index in [1.54, 1.807) is 6.20 Å². The zero-order chi connectivity index (χ0) is 12.3. The number of aryl methyl sites for hydroxylation is 1. The van der Waals surface area contributed by atoms with Gasteiger partial charge in [-0.2, -0.15) is 16.9 Å². The molecular weight excluding hydrogens is 300 g/mol. The van der Waals surface area contributed by atoms with Gasteiger partial charge < -0.3 is 5.11 Å². The molecule has 0 radical (unpaired) electrons. The molecule has 1 aliphatic heterocycles. The molecule has 0 spiro atoms. The van der Waals surface area contributed by atoms with Gasteiger partial charge in [0.15, 0.2) is 0 Å². The number of halogens is 1. The van der Waals surface area contributed by atoms with E-state index in [1.807, 2.05) is 23.4 Å². The highest BCUT2D eigenvalue weighted by molar-refractivity contribution is 9.10. The molecule has 0 aliphatic carbocycles. The van der Waals surface area contributed by atoms with Crippen molar-refractivity contribution < 1.29 is 5.11 Å². The first-order chi connectivity index (χ1) is 8.22. The van der Waals surface area contributed by atoms with Crippen molar-refractivity contribution in [3.63, 3.8) is 0 Å². The lowest BCUT2D eigenvalue weighted by Gasteiger charge is -2.24. The summed E-state index contributed by atoms with van der Waals surface area (Å²) in [7, 11) is 0. The van der Waals surface area contributed by atoms with Gasteiger partial charge in [0.1, 0.15) is 0 Å². The van der Waals surface area contributed by atoms with Gasteiger partial charge in [-0.1, -0.05) is 0 Å². The van der Waals surface area contributed by atoms with Crippen LogP contribution in [0.3, 0.4) is 0 Å². The first kappa shape index (κ1) is 13.4.